The number of hydrogen-bond donors (Lipinski definition) is 2. The summed E-state index contributed by atoms with van der Waals surface area (Å²) < 4.78 is 10.9. The average Bonchev–Trinajstić information content (AvgIpc) is 2.67. The average molecular weight is 381 g/mol. The fourth-order valence-electron chi connectivity index (χ4n) is 2.72. The highest BCUT2D eigenvalue weighted by Gasteiger charge is 2.20. The topological polar surface area (TPSA) is 106 Å². The predicted octanol–water partition coefficient (Wildman–Crippen LogP) is 2.82. The zero-order valence-electron chi connectivity index (χ0n) is 15.3. The molecule has 0 saturated carbocycles. The molecule has 0 spiro atoms. The lowest BCUT2D eigenvalue weighted by Crippen LogP contribution is -2.44. The van der Waals surface area contributed by atoms with Crippen LogP contribution in [-0.4, -0.2) is 29.1 Å². The molecule has 3 aromatic rings. The highest BCUT2D eigenvalue weighted by atomic mass is 16.5. The van der Waals surface area contributed by atoms with E-state index < -0.39 is 29.6 Å². The van der Waals surface area contributed by atoms with Gasteiger partial charge in [-0.25, -0.2) is 4.79 Å². The molecule has 0 fully saturated rings. The molecule has 1 aromatic heterocycles. The van der Waals surface area contributed by atoms with Crippen molar-refractivity contribution in [2.45, 2.75) is 26.0 Å². The van der Waals surface area contributed by atoms with Crippen molar-refractivity contribution in [1.82, 2.24) is 5.32 Å². The lowest BCUT2D eigenvalue weighted by molar-refractivity contribution is -0.142. The van der Waals surface area contributed by atoms with Gasteiger partial charge in [0, 0.05) is 17.5 Å². The molecule has 3 rings (SSSR count). The Morgan fingerprint density at radius 3 is 2.46 bits per heavy atom. The third-order valence-electron chi connectivity index (χ3n) is 4.21. The van der Waals surface area contributed by atoms with Crippen LogP contribution in [0.5, 0.6) is 5.75 Å². The van der Waals surface area contributed by atoms with Gasteiger partial charge in [-0.1, -0.05) is 30.3 Å². The van der Waals surface area contributed by atoms with Crippen LogP contribution < -0.4 is 15.7 Å². The van der Waals surface area contributed by atoms with Crippen molar-refractivity contribution < 1.29 is 23.8 Å². The Hall–Kier alpha value is -3.61. The third kappa shape index (κ3) is 4.20. The van der Waals surface area contributed by atoms with Crippen molar-refractivity contribution in [2.24, 2.45) is 0 Å². The minimum Gasteiger partial charge on any atom is -0.481 e. The second kappa shape index (κ2) is 7.96. The van der Waals surface area contributed by atoms with E-state index in [1.807, 2.05) is 30.3 Å². The van der Waals surface area contributed by atoms with Gasteiger partial charge in [0.25, 0.3) is 5.91 Å². The maximum absolute atomic E-state index is 12.0. The molecule has 7 nitrogen and oxygen atoms in total. The number of carboxylic acid groups (broad SMARTS) is 1. The normalized spacial score (nSPS) is 12.9. The van der Waals surface area contributed by atoms with E-state index in [2.05, 4.69) is 5.32 Å². The van der Waals surface area contributed by atoms with Crippen LogP contribution in [0.2, 0.25) is 0 Å². The van der Waals surface area contributed by atoms with Crippen molar-refractivity contribution >= 4 is 22.8 Å². The van der Waals surface area contributed by atoms with Crippen LogP contribution in [0.25, 0.3) is 22.1 Å². The molecular formula is C21H19NO6. The van der Waals surface area contributed by atoms with Gasteiger partial charge < -0.3 is 19.6 Å². The first-order valence-electron chi connectivity index (χ1n) is 8.68. The van der Waals surface area contributed by atoms with Crippen LogP contribution in [-0.2, 0) is 9.59 Å². The quantitative estimate of drug-likeness (QED) is 0.636. The van der Waals surface area contributed by atoms with E-state index in [4.69, 9.17) is 14.3 Å². The van der Waals surface area contributed by atoms with Crippen LogP contribution in [0, 0.1) is 0 Å². The largest absolute Gasteiger partial charge is 0.481 e. The first kappa shape index (κ1) is 19.2. The number of rotatable bonds is 6. The molecule has 1 heterocycles. The Morgan fingerprint density at radius 2 is 1.79 bits per heavy atom. The van der Waals surface area contributed by atoms with Gasteiger partial charge in [-0.2, -0.15) is 0 Å². The molecule has 0 saturated heterocycles. The zero-order valence-corrected chi connectivity index (χ0v) is 15.3. The summed E-state index contributed by atoms with van der Waals surface area (Å²) in [4.78, 5) is 34.9. The van der Waals surface area contributed by atoms with Crippen molar-refractivity contribution in [1.29, 1.82) is 0 Å². The van der Waals surface area contributed by atoms with Crippen molar-refractivity contribution in [3.05, 3.63) is 65.0 Å². The van der Waals surface area contributed by atoms with E-state index in [9.17, 15) is 14.4 Å². The first-order chi connectivity index (χ1) is 13.3. The summed E-state index contributed by atoms with van der Waals surface area (Å²) in [5, 5.41) is 11.9. The minimum absolute atomic E-state index is 0.325. The van der Waals surface area contributed by atoms with E-state index in [1.165, 1.54) is 26.0 Å². The van der Waals surface area contributed by atoms with Crippen molar-refractivity contribution in [3.8, 4) is 16.9 Å². The van der Waals surface area contributed by atoms with E-state index in [0.29, 0.717) is 11.3 Å². The molecular weight excluding hydrogens is 362 g/mol. The molecule has 2 aromatic carbocycles. The second-order valence-corrected chi connectivity index (χ2v) is 6.33. The number of ether oxygens (including phenoxy) is 1. The number of aliphatic carboxylic acids is 1. The summed E-state index contributed by atoms with van der Waals surface area (Å²) in [6, 6.07) is 14.8. The molecule has 0 aliphatic carbocycles. The molecule has 28 heavy (non-hydrogen) atoms. The summed E-state index contributed by atoms with van der Waals surface area (Å²) in [6.45, 7) is 2.87. The van der Waals surface area contributed by atoms with E-state index >= 15 is 0 Å². The zero-order chi connectivity index (χ0) is 20.3. The Bertz CT molecular complexity index is 1070. The van der Waals surface area contributed by atoms with Gasteiger partial charge in [0.1, 0.15) is 17.4 Å². The number of amides is 1. The molecule has 0 unspecified atom stereocenters. The fraction of sp³-hybridized carbons (Fsp3) is 0.190. The van der Waals surface area contributed by atoms with E-state index in [1.54, 1.807) is 12.1 Å². The number of nitrogens with one attached hydrogen (secondary N) is 1. The summed E-state index contributed by atoms with van der Waals surface area (Å²) in [6.07, 6.45) is -0.928. The minimum atomic E-state index is -1.14. The molecule has 1 amide bonds. The number of fused-ring (bicyclic) bond motifs is 1. The second-order valence-electron chi connectivity index (χ2n) is 6.33. The molecule has 0 aliphatic rings. The smallest absolute Gasteiger partial charge is 0.336 e. The number of carbonyl (C=O) groups is 2. The van der Waals surface area contributed by atoms with Gasteiger partial charge in [0.05, 0.1) is 0 Å². The fourth-order valence-corrected chi connectivity index (χ4v) is 2.72. The standard InChI is InChI=1S/C21H19NO6/c1-12(21(25)26)22-20(24)13(2)27-15-8-9-16-17(14-6-4-3-5-7-14)11-19(23)28-18(16)10-15/h3-13H,1-2H3,(H,22,24)(H,25,26)/t12-,13+/m0/s1. The summed E-state index contributed by atoms with van der Waals surface area (Å²) in [7, 11) is 0. The number of carboxylic acids is 1. The van der Waals surface area contributed by atoms with Crippen LogP contribution in [0.3, 0.4) is 0 Å². The molecule has 7 heteroatoms. The van der Waals surface area contributed by atoms with Gasteiger partial charge >= 0.3 is 11.6 Å². The molecule has 0 aliphatic heterocycles. The molecule has 0 radical (unpaired) electrons. The highest BCUT2D eigenvalue weighted by Crippen LogP contribution is 2.29. The maximum atomic E-state index is 12.0. The lowest BCUT2D eigenvalue weighted by atomic mass is 10.0. The molecule has 0 bridgehead atoms. The van der Waals surface area contributed by atoms with E-state index in [0.717, 1.165) is 16.5 Å². The van der Waals surface area contributed by atoms with Crippen LogP contribution >= 0.6 is 0 Å². The lowest BCUT2D eigenvalue weighted by Gasteiger charge is -2.17. The van der Waals surface area contributed by atoms with Gasteiger partial charge in [-0.05, 0) is 37.1 Å². The summed E-state index contributed by atoms with van der Waals surface area (Å²) in [5.74, 6) is -1.37. The van der Waals surface area contributed by atoms with Gasteiger partial charge in [0.15, 0.2) is 6.10 Å². The van der Waals surface area contributed by atoms with Gasteiger partial charge in [0.2, 0.25) is 0 Å². The summed E-state index contributed by atoms with van der Waals surface area (Å²) in [5.41, 5.74) is 1.45. The van der Waals surface area contributed by atoms with Gasteiger partial charge in [-0.15, -0.1) is 0 Å². The Kier molecular flexibility index (Phi) is 5.44. The van der Waals surface area contributed by atoms with Crippen LogP contribution in [0.4, 0.5) is 0 Å². The molecule has 2 atom stereocenters. The number of hydrogen-bond acceptors (Lipinski definition) is 5. The van der Waals surface area contributed by atoms with Gasteiger partial charge in [-0.3, -0.25) is 9.59 Å². The molecule has 144 valence electrons. The Morgan fingerprint density at radius 1 is 1.07 bits per heavy atom. The molecule has 2 N–H and O–H groups in total. The first-order valence-corrected chi connectivity index (χ1v) is 8.68. The highest BCUT2D eigenvalue weighted by molar-refractivity contribution is 5.93. The maximum Gasteiger partial charge on any atom is 0.336 e. The Balaban J connectivity index is 1.88. The summed E-state index contributed by atoms with van der Waals surface area (Å²) >= 11 is 0. The van der Waals surface area contributed by atoms with Crippen molar-refractivity contribution in [3.63, 3.8) is 0 Å². The number of carbonyl (C=O) groups excluding carboxylic acids is 1. The predicted molar refractivity (Wildman–Crippen MR) is 103 cm³/mol. The van der Waals surface area contributed by atoms with Crippen molar-refractivity contribution in [2.75, 3.05) is 0 Å². The number of benzene rings is 2. The Labute approximate surface area is 160 Å². The monoisotopic (exact) mass is 381 g/mol. The van der Waals surface area contributed by atoms with Crippen LogP contribution in [0.1, 0.15) is 13.8 Å². The van der Waals surface area contributed by atoms with E-state index in [-0.39, 0.29) is 0 Å². The third-order valence-corrected chi connectivity index (χ3v) is 4.21. The SMILES string of the molecule is C[C@H](NC(=O)[C@@H](C)Oc1ccc2c(-c3ccccc3)cc(=O)oc2c1)C(=O)O. The van der Waals surface area contributed by atoms with Crippen LogP contribution in [0.15, 0.2) is 63.8 Å².